The zero-order chi connectivity index (χ0) is 18.5. The fourth-order valence-corrected chi connectivity index (χ4v) is 3.75. The molecule has 1 aromatic heterocycles. The Balaban J connectivity index is 1.56. The van der Waals surface area contributed by atoms with Crippen molar-refractivity contribution in [2.45, 2.75) is 38.3 Å². The molecule has 1 aliphatic rings. The van der Waals surface area contributed by atoms with E-state index in [1.165, 1.54) is 16.2 Å². The van der Waals surface area contributed by atoms with E-state index < -0.39 is 12.0 Å². The highest BCUT2D eigenvalue weighted by Gasteiger charge is 2.31. The number of thiazole rings is 1. The van der Waals surface area contributed by atoms with Crippen LogP contribution in [-0.2, 0) is 22.6 Å². The van der Waals surface area contributed by atoms with Crippen molar-refractivity contribution in [3.63, 3.8) is 0 Å². The molecule has 2 aromatic rings. The van der Waals surface area contributed by atoms with Crippen LogP contribution < -0.4 is 4.74 Å². The Morgan fingerprint density at radius 3 is 2.81 bits per heavy atom. The summed E-state index contributed by atoms with van der Waals surface area (Å²) >= 11 is 7.25. The summed E-state index contributed by atoms with van der Waals surface area (Å²) < 4.78 is 5.65. The van der Waals surface area contributed by atoms with Crippen LogP contribution in [0.4, 0.5) is 0 Å². The highest BCUT2D eigenvalue weighted by Crippen LogP contribution is 2.21. The Morgan fingerprint density at radius 2 is 2.08 bits per heavy atom. The first-order chi connectivity index (χ1) is 12.5. The molecular formula is C18H19ClN2O4S. The number of amides is 1. The smallest absolute Gasteiger partial charge is 0.326 e. The van der Waals surface area contributed by atoms with Gasteiger partial charge >= 0.3 is 5.97 Å². The number of carboxylic acid groups (broad SMARTS) is 1. The van der Waals surface area contributed by atoms with Crippen LogP contribution in [0.2, 0.25) is 5.02 Å². The maximum atomic E-state index is 12.5. The molecule has 1 amide bonds. The third-order valence-electron chi connectivity index (χ3n) is 4.22. The number of ether oxygens (including phenoxy) is 1. The molecule has 8 heteroatoms. The summed E-state index contributed by atoms with van der Waals surface area (Å²) in [6.45, 7) is 0.800. The molecule has 3 rings (SSSR count). The highest BCUT2D eigenvalue weighted by atomic mass is 35.5. The molecule has 1 saturated heterocycles. The van der Waals surface area contributed by atoms with Crippen LogP contribution in [0.15, 0.2) is 29.6 Å². The lowest BCUT2D eigenvalue weighted by molar-refractivity contribution is -0.151. The molecule has 0 spiro atoms. The molecule has 26 heavy (non-hydrogen) atoms. The van der Waals surface area contributed by atoms with Crippen LogP contribution in [0, 0.1) is 0 Å². The number of benzene rings is 1. The van der Waals surface area contributed by atoms with Gasteiger partial charge in [-0.1, -0.05) is 11.6 Å². The van der Waals surface area contributed by atoms with E-state index >= 15 is 0 Å². The van der Waals surface area contributed by atoms with Crippen LogP contribution in [0.1, 0.15) is 30.0 Å². The van der Waals surface area contributed by atoms with Crippen molar-refractivity contribution in [1.29, 1.82) is 0 Å². The molecule has 138 valence electrons. The van der Waals surface area contributed by atoms with E-state index in [9.17, 15) is 14.7 Å². The standard InChI is InChI=1S/C18H19ClN2O4S/c19-12-4-6-14(7-5-12)25-10-16-20-13(11-26-16)9-17(22)21-8-2-1-3-15(21)18(23)24/h4-7,11,15H,1-3,8-10H2,(H,23,24). The molecule has 1 N–H and O–H groups in total. The van der Waals surface area contributed by atoms with Crippen molar-refractivity contribution in [3.8, 4) is 5.75 Å². The van der Waals surface area contributed by atoms with Gasteiger partial charge in [-0.15, -0.1) is 11.3 Å². The SMILES string of the molecule is O=C(O)C1CCCCN1C(=O)Cc1csc(COc2ccc(Cl)cc2)n1. The van der Waals surface area contributed by atoms with Crippen LogP contribution in [0.25, 0.3) is 0 Å². The first-order valence-corrected chi connectivity index (χ1v) is 9.62. The quantitative estimate of drug-likeness (QED) is 0.812. The van der Waals surface area contributed by atoms with Crippen LogP contribution in [-0.4, -0.2) is 39.5 Å². The zero-order valence-corrected chi connectivity index (χ0v) is 15.6. The number of aliphatic carboxylic acids is 1. The normalized spacial score (nSPS) is 17.1. The van der Waals surface area contributed by atoms with Gasteiger partial charge in [0.25, 0.3) is 0 Å². The van der Waals surface area contributed by atoms with E-state index in [4.69, 9.17) is 16.3 Å². The molecule has 1 fully saturated rings. The van der Waals surface area contributed by atoms with Gasteiger partial charge in [-0.3, -0.25) is 4.79 Å². The molecule has 0 bridgehead atoms. The van der Waals surface area contributed by atoms with Gasteiger partial charge in [0.15, 0.2) is 0 Å². The summed E-state index contributed by atoms with van der Waals surface area (Å²) in [5.74, 6) is -0.430. The largest absolute Gasteiger partial charge is 0.486 e. The molecule has 6 nitrogen and oxygen atoms in total. The summed E-state index contributed by atoms with van der Waals surface area (Å²) in [5.41, 5.74) is 0.643. The third-order valence-corrected chi connectivity index (χ3v) is 5.34. The molecule has 0 aliphatic carbocycles. The Labute approximate surface area is 160 Å². The zero-order valence-electron chi connectivity index (χ0n) is 14.1. The molecule has 2 heterocycles. The Hall–Kier alpha value is -2.12. The number of rotatable bonds is 6. The molecule has 1 atom stereocenters. The minimum atomic E-state index is -0.937. The summed E-state index contributed by atoms with van der Waals surface area (Å²) in [7, 11) is 0. The van der Waals surface area contributed by atoms with E-state index in [2.05, 4.69) is 4.98 Å². The fourth-order valence-electron chi connectivity index (χ4n) is 2.92. The maximum absolute atomic E-state index is 12.5. The second-order valence-corrected chi connectivity index (χ2v) is 7.47. The van der Waals surface area contributed by atoms with Crippen molar-refractivity contribution < 1.29 is 19.4 Å². The van der Waals surface area contributed by atoms with Gasteiger partial charge in [0.05, 0.1) is 12.1 Å². The van der Waals surface area contributed by atoms with E-state index in [0.717, 1.165) is 17.8 Å². The number of hydrogen-bond donors (Lipinski definition) is 1. The number of nitrogens with zero attached hydrogens (tertiary/aromatic N) is 2. The average Bonchev–Trinajstić information content (AvgIpc) is 3.08. The van der Waals surface area contributed by atoms with Gasteiger partial charge in [0.2, 0.25) is 5.91 Å². The number of piperidine rings is 1. The lowest BCUT2D eigenvalue weighted by Crippen LogP contribution is -2.48. The number of aromatic nitrogens is 1. The summed E-state index contributed by atoms with van der Waals surface area (Å²) in [6, 6.07) is 6.34. The van der Waals surface area contributed by atoms with Crippen molar-refractivity contribution in [2.75, 3.05) is 6.54 Å². The van der Waals surface area contributed by atoms with E-state index in [0.29, 0.717) is 36.0 Å². The lowest BCUT2D eigenvalue weighted by atomic mass is 10.0. The first-order valence-electron chi connectivity index (χ1n) is 8.37. The average molecular weight is 395 g/mol. The summed E-state index contributed by atoms with van der Waals surface area (Å²) in [5, 5.41) is 12.5. The van der Waals surface area contributed by atoms with Gasteiger partial charge in [-0.2, -0.15) is 0 Å². The number of hydrogen-bond acceptors (Lipinski definition) is 5. The number of likely N-dealkylation sites (tertiary alicyclic amines) is 1. The molecule has 0 radical (unpaired) electrons. The number of carbonyl (C=O) groups excluding carboxylic acids is 1. The van der Waals surface area contributed by atoms with E-state index in [1.807, 2.05) is 5.38 Å². The highest BCUT2D eigenvalue weighted by molar-refractivity contribution is 7.09. The monoisotopic (exact) mass is 394 g/mol. The van der Waals surface area contributed by atoms with Crippen LogP contribution in [0.3, 0.4) is 0 Å². The van der Waals surface area contributed by atoms with Crippen molar-refractivity contribution in [1.82, 2.24) is 9.88 Å². The fraction of sp³-hybridized carbons (Fsp3) is 0.389. The Bertz CT molecular complexity index is 778. The van der Waals surface area contributed by atoms with Gasteiger partial charge in [0.1, 0.15) is 23.4 Å². The predicted molar refractivity (Wildman–Crippen MR) is 98.6 cm³/mol. The van der Waals surface area contributed by atoms with Crippen molar-refractivity contribution in [2.24, 2.45) is 0 Å². The second-order valence-electron chi connectivity index (χ2n) is 6.09. The van der Waals surface area contributed by atoms with Crippen molar-refractivity contribution >= 4 is 34.8 Å². The maximum Gasteiger partial charge on any atom is 0.326 e. The first kappa shape index (κ1) is 18.7. The minimum Gasteiger partial charge on any atom is -0.486 e. The number of carbonyl (C=O) groups is 2. The molecule has 0 saturated carbocycles. The number of halogens is 1. The number of carboxylic acids is 1. The van der Waals surface area contributed by atoms with E-state index in [-0.39, 0.29) is 12.3 Å². The second kappa shape index (κ2) is 8.51. The van der Waals surface area contributed by atoms with Crippen LogP contribution in [0.5, 0.6) is 5.75 Å². The van der Waals surface area contributed by atoms with Crippen molar-refractivity contribution in [3.05, 3.63) is 45.4 Å². The molecule has 1 unspecified atom stereocenters. The van der Waals surface area contributed by atoms with Gasteiger partial charge in [-0.05, 0) is 43.5 Å². The molecule has 1 aromatic carbocycles. The summed E-state index contributed by atoms with van der Waals surface area (Å²) in [6.07, 6.45) is 2.30. The van der Waals surface area contributed by atoms with E-state index in [1.54, 1.807) is 24.3 Å². The lowest BCUT2D eigenvalue weighted by Gasteiger charge is -2.32. The third kappa shape index (κ3) is 4.74. The van der Waals surface area contributed by atoms with Gasteiger partial charge in [0, 0.05) is 16.9 Å². The van der Waals surface area contributed by atoms with Gasteiger partial charge in [-0.25, -0.2) is 9.78 Å². The molecule has 1 aliphatic heterocycles. The predicted octanol–water partition coefficient (Wildman–Crippen LogP) is 3.38. The van der Waals surface area contributed by atoms with Crippen LogP contribution >= 0.6 is 22.9 Å². The molecular weight excluding hydrogens is 376 g/mol. The van der Waals surface area contributed by atoms with Gasteiger partial charge < -0.3 is 14.7 Å². The Morgan fingerprint density at radius 1 is 1.31 bits per heavy atom. The topological polar surface area (TPSA) is 79.7 Å². The minimum absolute atomic E-state index is 0.112. The summed E-state index contributed by atoms with van der Waals surface area (Å²) in [4.78, 5) is 29.7. The Kier molecular flexibility index (Phi) is 6.11.